The number of aromatic nitrogens is 1. The molecule has 3 N–H and O–H groups in total. The SMILES string of the molecule is CC1(C)CCC(CN2CCN(c3ccc(C(=O)NS(=O)(=O)c4ccc(NC5CCN(CC(F)(F)F)CC5)c([N+](=O)[O-])c4)c(Oc4cccc5[nH]ccc45)c3)CC2)=C(c2ccc(Cl)cc2)C1. The van der Waals surface area contributed by atoms with Gasteiger partial charge >= 0.3 is 6.18 Å². The number of hydrogen-bond donors (Lipinski definition) is 3. The second-order valence-corrected chi connectivity index (χ2v) is 20.0. The quantitative estimate of drug-likeness (QED) is 0.0769. The minimum absolute atomic E-state index is 0.0124. The second kappa shape index (κ2) is 18.7. The summed E-state index contributed by atoms with van der Waals surface area (Å²) in [5, 5.41) is 16.6. The Labute approximate surface area is 380 Å². The number of nitro groups is 1. The van der Waals surface area contributed by atoms with E-state index in [1.807, 2.05) is 24.3 Å². The third-order valence-electron chi connectivity index (χ3n) is 12.6. The smallest absolute Gasteiger partial charge is 0.401 e. The van der Waals surface area contributed by atoms with E-state index in [2.05, 4.69) is 50.8 Å². The summed E-state index contributed by atoms with van der Waals surface area (Å²) in [5.74, 6) is -0.456. The molecule has 8 rings (SSSR count). The second-order valence-electron chi connectivity index (χ2n) is 17.9. The van der Waals surface area contributed by atoms with E-state index < -0.39 is 44.2 Å². The summed E-state index contributed by atoms with van der Waals surface area (Å²) in [6, 6.07) is 23.2. The molecule has 18 heteroatoms. The first-order valence-corrected chi connectivity index (χ1v) is 23.5. The number of nitro benzene ring substituents is 1. The maximum absolute atomic E-state index is 14.0. The number of halogens is 4. The maximum atomic E-state index is 14.0. The highest BCUT2D eigenvalue weighted by molar-refractivity contribution is 7.90. The predicted molar refractivity (Wildman–Crippen MR) is 246 cm³/mol. The molecule has 5 aromatic rings. The molecule has 0 bridgehead atoms. The third kappa shape index (κ3) is 11.1. The Kier molecular flexibility index (Phi) is 13.2. The monoisotopic (exact) mass is 933 g/mol. The van der Waals surface area contributed by atoms with E-state index in [1.165, 1.54) is 33.7 Å². The minimum atomic E-state index is -4.66. The van der Waals surface area contributed by atoms with Gasteiger partial charge in [0, 0.05) is 91.8 Å². The molecule has 1 amide bonds. The summed E-state index contributed by atoms with van der Waals surface area (Å²) in [7, 11) is -4.66. The van der Waals surface area contributed by atoms with Crippen LogP contribution in [0.5, 0.6) is 11.5 Å². The van der Waals surface area contributed by atoms with Gasteiger partial charge in [0.05, 0.1) is 21.9 Å². The van der Waals surface area contributed by atoms with Crippen LogP contribution in [0.4, 0.5) is 30.2 Å². The Hall–Kier alpha value is -5.62. The van der Waals surface area contributed by atoms with Crippen molar-refractivity contribution in [2.24, 2.45) is 5.41 Å². The number of likely N-dealkylation sites (tertiary alicyclic amines) is 1. The van der Waals surface area contributed by atoms with Gasteiger partial charge in [-0.1, -0.05) is 49.2 Å². The van der Waals surface area contributed by atoms with Gasteiger partial charge in [0.15, 0.2) is 0 Å². The fourth-order valence-corrected chi connectivity index (χ4v) is 10.2. The number of carbonyl (C=O) groups is 1. The molecule has 2 aliphatic heterocycles. The van der Waals surface area contributed by atoms with Gasteiger partial charge in [-0.15, -0.1) is 0 Å². The number of sulfonamides is 1. The standard InChI is InChI=1S/C47H51ClF3N7O6S/c1-46(2)18-14-32(39(28-46)31-6-8-33(48)9-7-31)29-55-22-24-57(25-23-55)35-10-12-38(44(26-35)64-43-5-3-4-40-37(43)15-19-52-40)45(59)54-65(62,63)36-11-13-41(42(27-36)58(60)61)53-34-16-20-56(21-17-34)30-47(49,50)51/h3-13,15,19,26-27,34,52-53H,14,16-18,20-25,28-30H2,1-2H3,(H,54,59). The van der Waals surface area contributed by atoms with Crippen LogP contribution in [0, 0.1) is 15.5 Å². The van der Waals surface area contributed by atoms with Gasteiger partial charge < -0.3 is 19.9 Å². The highest BCUT2D eigenvalue weighted by atomic mass is 35.5. The number of amides is 1. The van der Waals surface area contributed by atoms with E-state index in [4.69, 9.17) is 16.3 Å². The number of anilines is 2. The Morgan fingerprint density at radius 1 is 0.938 bits per heavy atom. The van der Waals surface area contributed by atoms with Crippen LogP contribution in [0.2, 0.25) is 5.02 Å². The van der Waals surface area contributed by atoms with Crippen molar-refractivity contribution in [3.05, 3.63) is 123 Å². The molecular weight excluding hydrogens is 883 g/mol. The van der Waals surface area contributed by atoms with Crippen LogP contribution >= 0.6 is 11.6 Å². The Morgan fingerprint density at radius 2 is 1.68 bits per heavy atom. The van der Waals surface area contributed by atoms with Gasteiger partial charge in [-0.25, -0.2) is 13.1 Å². The number of benzene rings is 4. The van der Waals surface area contributed by atoms with Gasteiger partial charge in [-0.2, -0.15) is 13.2 Å². The summed E-state index contributed by atoms with van der Waals surface area (Å²) < 4.78 is 74.7. The average Bonchev–Trinajstić information content (AvgIpc) is 3.75. The van der Waals surface area contributed by atoms with Gasteiger partial charge in [0.25, 0.3) is 21.6 Å². The minimum Gasteiger partial charge on any atom is -0.456 e. The molecule has 65 heavy (non-hydrogen) atoms. The first-order valence-electron chi connectivity index (χ1n) is 21.6. The summed E-state index contributed by atoms with van der Waals surface area (Å²) in [6.45, 7) is 7.71. The van der Waals surface area contributed by atoms with Gasteiger partial charge in [0.2, 0.25) is 0 Å². The first-order chi connectivity index (χ1) is 30.9. The van der Waals surface area contributed by atoms with Crippen LogP contribution in [0.15, 0.2) is 102 Å². The molecular formula is C47H51ClF3N7O6S. The van der Waals surface area contributed by atoms with E-state index in [0.29, 0.717) is 36.7 Å². The normalized spacial score (nSPS) is 17.9. The van der Waals surface area contributed by atoms with E-state index in [1.54, 1.807) is 30.5 Å². The number of allylic oxidation sites excluding steroid dienone is 1. The molecule has 0 radical (unpaired) electrons. The zero-order valence-corrected chi connectivity index (χ0v) is 37.7. The van der Waals surface area contributed by atoms with Crippen molar-refractivity contribution in [1.29, 1.82) is 0 Å². The lowest BCUT2D eigenvalue weighted by Gasteiger charge is -2.39. The van der Waals surface area contributed by atoms with Gasteiger partial charge in [0.1, 0.15) is 17.2 Å². The van der Waals surface area contributed by atoms with Crippen molar-refractivity contribution >= 4 is 61.1 Å². The lowest BCUT2D eigenvalue weighted by Crippen LogP contribution is -2.47. The molecule has 1 aliphatic carbocycles. The zero-order valence-electron chi connectivity index (χ0n) is 36.1. The molecule has 0 unspecified atom stereocenters. The highest BCUT2D eigenvalue weighted by Crippen LogP contribution is 2.44. The number of rotatable bonds is 13. The van der Waals surface area contributed by atoms with Crippen LogP contribution in [-0.4, -0.2) is 98.6 Å². The number of ether oxygens (including phenoxy) is 1. The zero-order chi connectivity index (χ0) is 46.1. The third-order valence-corrected chi connectivity index (χ3v) is 14.1. The summed E-state index contributed by atoms with van der Waals surface area (Å²) in [4.78, 5) is 34.0. The number of nitrogens with zero attached hydrogens (tertiary/aromatic N) is 4. The molecule has 0 saturated carbocycles. The van der Waals surface area contributed by atoms with Crippen molar-refractivity contribution in [1.82, 2.24) is 19.5 Å². The van der Waals surface area contributed by atoms with Crippen LogP contribution in [0.25, 0.3) is 16.5 Å². The first kappa shape index (κ1) is 45.9. The fourth-order valence-electron chi connectivity index (χ4n) is 9.04. The van der Waals surface area contributed by atoms with E-state index in [-0.39, 0.29) is 41.5 Å². The molecule has 0 atom stereocenters. The van der Waals surface area contributed by atoms with Gasteiger partial charge in [-0.05, 0) is 103 Å². The average molecular weight is 934 g/mol. The topological polar surface area (TPSA) is 153 Å². The van der Waals surface area contributed by atoms with E-state index in [9.17, 15) is 36.5 Å². The number of alkyl halides is 3. The molecule has 13 nitrogen and oxygen atoms in total. The van der Waals surface area contributed by atoms with E-state index >= 15 is 0 Å². The van der Waals surface area contributed by atoms with Gasteiger partial charge in [-0.3, -0.25) is 24.7 Å². The number of nitrogens with one attached hydrogen (secondary N) is 3. The Balaban J connectivity index is 0.993. The molecule has 3 heterocycles. The van der Waals surface area contributed by atoms with Crippen LogP contribution in [0.1, 0.15) is 61.9 Å². The number of piperidine rings is 1. The summed E-state index contributed by atoms with van der Waals surface area (Å²) >= 11 is 6.24. The maximum Gasteiger partial charge on any atom is 0.401 e. The van der Waals surface area contributed by atoms with Crippen molar-refractivity contribution in [2.45, 2.75) is 63.1 Å². The molecule has 1 aromatic heterocycles. The number of fused-ring (bicyclic) bond motifs is 1. The molecule has 3 aliphatic rings. The summed E-state index contributed by atoms with van der Waals surface area (Å²) in [5.41, 5.74) is 5.21. The number of aromatic amines is 1. The Bertz CT molecular complexity index is 2710. The molecule has 2 fully saturated rings. The number of carbonyl (C=O) groups excluding carboxylic acids is 1. The van der Waals surface area contributed by atoms with E-state index in [0.717, 1.165) is 67.6 Å². The lowest BCUT2D eigenvalue weighted by molar-refractivity contribution is -0.384. The lowest BCUT2D eigenvalue weighted by atomic mass is 9.72. The number of piperazine rings is 1. The van der Waals surface area contributed by atoms with Crippen LogP contribution < -0.4 is 19.7 Å². The van der Waals surface area contributed by atoms with Crippen LogP contribution in [-0.2, 0) is 10.0 Å². The van der Waals surface area contributed by atoms with Crippen molar-refractivity contribution in [3.63, 3.8) is 0 Å². The summed E-state index contributed by atoms with van der Waals surface area (Å²) in [6.07, 6.45) is 1.15. The Morgan fingerprint density at radius 3 is 2.38 bits per heavy atom. The molecule has 0 spiro atoms. The number of H-pyrrole nitrogens is 1. The van der Waals surface area contributed by atoms with Crippen molar-refractivity contribution in [2.75, 3.05) is 62.6 Å². The molecule has 4 aromatic carbocycles. The number of hydrogen-bond acceptors (Lipinski definition) is 10. The van der Waals surface area contributed by atoms with Crippen LogP contribution in [0.3, 0.4) is 0 Å². The van der Waals surface area contributed by atoms with Crippen molar-refractivity contribution in [3.8, 4) is 11.5 Å². The molecule has 2 saturated heterocycles. The highest BCUT2D eigenvalue weighted by Gasteiger charge is 2.34. The fraction of sp³-hybridized carbons (Fsp3) is 0.383. The largest absolute Gasteiger partial charge is 0.456 e. The van der Waals surface area contributed by atoms with Crippen molar-refractivity contribution < 1.29 is 36.0 Å². The predicted octanol–water partition coefficient (Wildman–Crippen LogP) is 9.86. The molecule has 344 valence electrons.